The van der Waals surface area contributed by atoms with Crippen LogP contribution in [0.2, 0.25) is 0 Å². The van der Waals surface area contributed by atoms with Gasteiger partial charge in [0.2, 0.25) is 0 Å². The summed E-state index contributed by atoms with van der Waals surface area (Å²) in [4.78, 5) is 3.14. The van der Waals surface area contributed by atoms with Gasteiger partial charge >= 0.3 is 0 Å². The second-order valence-corrected chi connectivity index (χ2v) is 7.44. The Balaban J connectivity index is 1.55. The predicted octanol–water partition coefficient (Wildman–Crippen LogP) is 3.44. The molecule has 0 bridgehead atoms. The van der Waals surface area contributed by atoms with Crippen molar-refractivity contribution in [1.82, 2.24) is 5.32 Å². The average molecular weight is 279 g/mol. The number of rotatable bonds is 4. The van der Waals surface area contributed by atoms with E-state index in [2.05, 4.69) is 18.3 Å². The Morgan fingerprint density at radius 1 is 1.37 bits per heavy atom. The molecule has 1 fully saturated rings. The van der Waals surface area contributed by atoms with E-state index in [9.17, 15) is 5.11 Å². The minimum atomic E-state index is -0.0452. The first-order valence-corrected chi connectivity index (χ1v) is 8.57. The molecular weight excluding hydrogens is 254 g/mol. The molecule has 1 aromatic rings. The van der Waals surface area contributed by atoms with Gasteiger partial charge in [0.05, 0.1) is 6.10 Å². The van der Waals surface area contributed by atoms with Crippen molar-refractivity contribution in [2.24, 2.45) is 5.92 Å². The summed E-state index contributed by atoms with van der Waals surface area (Å²) in [7, 11) is 0. The van der Waals surface area contributed by atoms with E-state index in [-0.39, 0.29) is 6.10 Å². The third kappa shape index (κ3) is 3.21. The van der Waals surface area contributed by atoms with E-state index in [0.29, 0.717) is 12.0 Å². The Hall–Kier alpha value is -0.380. The number of aryl methyl sites for hydroxylation is 2. The maximum atomic E-state index is 9.57. The number of fused-ring (bicyclic) bond motifs is 1. The summed E-state index contributed by atoms with van der Waals surface area (Å²) in [5, 5.41) is 13.2. The van der Waals surface area contributed by atoms with Crippen molar-refractivity contribution in [3.8, 4) is 0 Å². The normalized spacial score (nSPS) is 28.3. The van der Waals surface area contributed by atoms with Crippen LogP contribution >= 0.6 is 11.3 Å². The molecule has 106 valence electrons. The van der Waals surface area contributed by atoms with Crippen LogP contribution in [0, 0.1) is 5.92 Å². The van der Waals surface area contributed by atoms with E-state index in [0.717, 1.165) is 19.4 Å². The van der Waals surface area contributed by atoms with Crippen LogP contribution in [0.5, 0.6) is 0 Å². The number of aliphatic hydroxyl groups is 1. The van der Waals surface area contributed by atoms with Crippen LogP contribution in [0.4, 0.5) is 0 Å². The van der Waals surface area contributed by atoms with Gasteiger partial charge in [0.1, 0.15) is 0 Å². The molecule has 2 N–H and O–H groups in total. The van der Waals surface area contributed by atoms with Crippen LogP contribution in [0.25, 0.3) is 0 Å². The molecule has 3 rings (SSSR count). The predicted molar refractivity (Wildman–Crippen MR) is 80.7 cm³/mol. The van der Waals surface area contributed by atoms with Gasteiger partial charge in [-0.3, -0.25) is 0 Å². The Bertz CT molecular complexity index is 405. The molecule has 2 aliphatic carbocycles. The van der Waals surface area contributed by atoms with Crippen molar-refractivity contribution in [2.75, 3.05) is 6.54 Å². The Kier molecular flexibility index (Phi) is 4.25. The smallest absolute Gasteiger partial charge is 0.0543 e. The lowest BCUT2D eigenvalue weighted by Gasteiger charge is -2.16. The maximum Gasteiger partial charge on any atom is 0.0543 e. The fourth-order valence-corrected chi connectivity index (χ4v) is 4.69. The summed E-state index contributed by atoms with van der Waals surface area (Å²) in [6, 6.07) is 2.90. The van der Waals surface area contributed by atoms with Crippen LogP contribution in [0.3, 0.4) is 0 Å². The van der Waals surface area contributed by atoms with Crippen LogP contribution in [0.15, 0.2) is 6.07 Å². The second kappa shape index (κ2) is 5.94. The van der Waals surface area contributed by atoms with Gasteiger partial charge in [0.25, 0.3) is 0 Å². The van der Waals surface area contributed by atoms with E-state index < -0.39 is 0 Å². The van der Waals surface area contributed by atoms with E-state index in [1.807, 2.05) is 11.3 Å². The SMILES string of the molecule is CC(NCC1CCC(O)C1)c1cc2c(s1)CCCC2. The lowest BCUT2D eigenvalue weighted by Crippen LogP contribution is -2.24. The standard InChI is InChI=1S/C16H25NOS/c1-11(17-10-12-6-7-14(18)8-12)16-9-13-4-2-3-5-15(13)19-16/h9,11-12,14,17-18H,2-8,10H2,1H3. The van der Waals surface area contributed by atoms with E-state index in [1.54, 1.807) is 10.4 Å². The Morgan fingerprint density at radius 3 is 2.95 bits per heavy atom. The summed E-state index contributed by atoms with van der Waals surface area (Å²) < 4.78 is 0. The van der Waals surface area contributed by atoms with Crippen molar-refractivity contribution in [3.63, 3.8) is 0 Å². The van der Waals surface area contributed by atoms with Crippen molar-refractivity contribution in [2.45, 2.75) is 64.0 Å². The van der Waals surface area contributed by atoms with Gasteiger partial charge in [-0.15, -0.1) is 11.3 Å². The fraction of sp³-hybridized carbons (Fsp3) is 0.750. The van der Waals surface area contributed by atoms with Crippen LogP contribution in [-0.4, -0.2) is 17.8 Å². The number of aliphatic hydroxyl groups excluding tert-OH is 1. The molecule has 2 nitrogen and oxygen atoms in total. The van der Waals surface area contributed by atoms with Gasteiger partial charge in [0.15, 0.2) is 0 Å². The highest BCUT2D eigenvalue weighted by atomic mass is 32.1. The summed E-state index contributed by atoms with van der Waals surface area (Å²) in [6.07, 6.45) is 8.43. The number of hydrogen-bond acceptors (Lipinski definition) is 3. The molecular formula is C16H25NOS. The summed E-state index contributed by atoms with van der Waals surface area (Å²) in [5.74, 6) is 0.673. The minimum Gasteiger partial charge on any atom is -0.393 e. The van der Waals surface area contributed by atoms with Crippen molar-refractivity contribution in [3.05, 3.63) is 21.4 Å². The molecule has 0 aromatic carbocycles. The first-order valence-electron chi connectivity index (χ1n) is 7.75. The molecule has 2 aliphatic rings. The van der Waals surface area contributed by atoms with E-state index >= 15 is 0 Å². The second-order valence-electron chi connectivity index (χ2n) is 6.27. The molecule has 3 heteroatoms. The Labute approximate surface area is 120 Å². The number of hydrogen-bond donors (Lipinski definition) is 2. The highest BCUT2D eigenvalue weighted by molar-refractivity contribution is 7.12. The zero-order chi connectivity index (χ0) is 13.2. The third-order valence-electron chi connectivity index (χ3n) is 4.67. The Morgan fingerprint density at radius 2 is 2.21 bits per heavy atom. The highest BCUT2D eigenvalue weighted by Gasteiger charge is 2.23. The lowest BCUT2D eigenvalue weighted by atomic mass is 9.99. The number of thiophene rings is 1. The van der Waals surface area contributed by atoms with Crippen LogP contribution in [-0.2, 0) is 12.8 Å². The quantitative estimate of drug-likeness (QED) is 0.885. The molecule has 3 unspecified atom stereocenters. The van der Waals surface area contributed by atoms with Gasteiger partial charge in [-0.25, -0.2) is 0 Å². The highest BCUT2D eigenvalue weighted by Crippen LogP contribution is 2.33. The first-order chi connectivity index (χ1) is 9.22. The zero-order valence-electron chi connectivity index (χ0n) is 11.8. The van der Waals surface area contributed by atoms with Gasteiger partial charge in [-0.1, -0.05) is 0 Å². The summed E-state index contributed by atoms with van der Waals surface area (Å²) in [6.45, 7) is 3.34. The molecule has 0 amide bonds. The third-order valence-corrected chi connectivity index (χ3v) is 6.09. The topological polar surface area (TPSA) is 32.3 Å². The molecule has 1 saturated carbocycles. The van der Waals surface area contributed by atoms with Crippen LogP contribution in [0.1, 0.15) is 60.4 Å². The first kappa shape index (κ1) is 13.6. The minimum absolute atomic E-state index is 0.0452. The van der Waals surface area contributed by atoms with Gasteiger partial charge < -0.3 is 10.4 Å². The van der Waals surface area contributed by atoms with Crippen molar-refractivity contribution < 1.29 is 5.11 Å². The molecule has 1 heterocycles. The molecule has 3 atom stereocenters. The van der Waals surface area contributed by atoms with E-state index in [4.69, 9.17) is 0 Å². The summed E-state index contributed by atoms with van der Waals surface area (Å²) in [5.41, 5.74) is 1.61. The fourth-order valence-electron chi connectivity index (χ4n) is 3.41. The van der Waals surface area contributed by atoms with Crippen LogP contribution < -0.4 is 5.32 Å². The van der Waals surface area contributed by atoms with Crippen molar-refractivity contribution in [1.29, 1.82) is 0 Å². The maximum absolute atomic E-state index is 9.57. The zero-order valence-corrected chi connectivity index (χ0v) is 12.6. The largest absolute Gasteiger partial charge is 0.393 e. The molecule has 19 heavy (non-hydrogen) atoms. The molecule has 0 saturated heterocycles. The monoisotopic (exact) mass is 279 g/mol. The van der Waals surface area contributed by atoms with Crippen molar-refractivity contribution >= 4 is 11.3 Å². The van der Waals surface area contributed by atoms with E-state index in [1.165, 1.54) is 37.0 Å². The number of nitrogens with one attached hydrogen (secondary N) is 1. The van der Waals surface area contributed by atoms with Gasteiger partial charge in [-0.05, 0) is 76.0 Å². The summed E-state index contributed by atoms with van der Waals surface area (Å²) >= 11 is 2.01. The molecule has 1 aromatic heterocycles. The lowest BCUT2D eigenvalue weighted by molar-refractivity contribution is 0.177. The molecule has 0 spiro atoms. The van der Waals surface area contributed by atoms with Gasteiger partial charge in [0, 0.05) is 15.8 Å². The van der Waals surface area contributed by atoms with Gasteiger partial charge in [-0.2, -0.15) is 0 Å². The average Bonchev–Trinajstić information content (AvgIpc) is 3.01. The molecule has 0 radical (unpaired) electrons. The molecule has 0 aliphatic heterocycles.